The SMILES string of the molecule is CCc1ccc(COC(=O)Nc2ccc(OC)c(CC(OC(C)C)C(=O)O)c2)cc1. The Kier molecular flexibility index (Phi) is 8.68. The molecule has 0 saturated carbocycles. The first-order chi connectivity index (χ1) is 14.3. The summed E-state index contributed by atoms with van der Waals surface area (Å²) in [6.07, 6.45) is -0.803. The van der Waals surface area contributed by atoms with Crippen LogP contribution in [0.1, 0.15) is 37.5 Å². The maximum absolute atomic E-state index is 12.2. The zero-order chi connectivity index (χ0) is 22.1. The van der Waals surface area contributed by atoms with E-state index in [-0.39, 0.29) is 19.1 Å². The van der Waals surface area contributed by atoms with Crippen molar-refractivity contribution in [3.63, 3.8) is 0 Å². The van der Waals surface area contributed by atoms with Gasteiger partial charge in [0.15, 0.2) is 6.10 Å². The fraction of sp³-hybridized carbons (Fsp3) is 0.391. The Morgan fingerprint density at radius 2 is 1.73 bits per heavy atom. The van der Waals surface area contributed by atoms with Crippen molar-refractivity contribution in [3.8, 4) is 5.75 Å². The fourth-order valence-corrected chi connectivity index (χ4v) is 2.91. The van der Waals surface area contributed by atoms with Crippen LogP contribution in [0.15, 0.2) is 42.5 Å². The third kappa shape index (κ3) is 7.08. The number of hydrogen-bond donors (Lipinski definition) is 2. The minimum absolute atomic E-state index is 0.102. The van der Waals surface area contributed by atoms with E-state index in [0.717, 1.165) is 12.0 Å². The van der Waals surface area contributed by atoms with Crippen LogP contribution in [-0.2, 0) is 33.7 Å². The first-order valence-corrected chi connectivity index (χ1v) is 9.89. The maximum atomic E-state index is 12.2. The van der Waals surface area contributed by atoms with Gasteiger partial charge in [-0.05, 0) is 55.2 Å². The predicted molar refractivity (Wildman–Crippen MR) is 114 cm³/mol. The summed E-state index contributed by atoms with van der Waals surface area (Å²) in [6.45, 7) is 5.78. The van der Waals surface area contributed by atoms with Crippen molar-refractivity contribution >= 4 is 17.7 Å². The lowest BCUT2D eigenvalue weighted by Crippen LogP contribution is -2.29. The van der Waals surface area contributed by atoms with Gasteiger partial charge in [-0.15, -0.1) is 0 Å². The highest BCUT2D eigenvalue weighted by molar-refractivity contribution is 5.85. The number of carboxylic acid groups (broad SMARTS) is 1. The van der Waals surface area contributed by atoms with E-state index in [0.29, 0.717) is 17.0 Å². The molecule has 0 aliphatic rings. The lowest BCUT2D eigenvalue weighted by Gasteiger charge is -2.18. The van der Waals surface area contributed by atoms with Crippen LogP contribution in [0.2, 0.25) is 0 Å². The second-order valence-corrected chi connectivity index (χ2v) is 7.11. The molecule has 7 nitrogen and oxygen atoms in total. The maximum Gasteiger partial charge on any atom is 0.411 e. The number of ether oxygens (including phenoxy) is 3. The summed E-state index contributed by atoms with van der Waals surface area (Å²) < 4.78 is 16.1. The molecule has 0 heterocycles. The molecular weight excluding hydrogens is 386 g/mol. The quantitative estimate of drug-likeness (QED) is 0.596. The minimum atomic E-state index is -1.06. The molecule has 2 N–H and O–H groups in total. The highest BCUT2D eigenvalue weighted by Gasteiger charge is 2.22. The number of hydrogen-bond acceptors (Lipinski definition) is 5. The molecule has 30 heavy (non-hydrogen) atoms. The van der Waals surface area contributed by atoms with Gasteiger partial charge in [-0.1, -0.05) is 31.2 Å². The molecule has 0 radical (unpaired) electrons. The van der Waals surface area contributed by atoms with Crippen LogP contribution in [0.3, 0.4) is 0 Å². The van der Waals surface area contributed by atoms with Gasteiger partial charge in [0.25, 0.3) is 0 Å². The third-order valence-electron chi connectivity index (χ3n) is 4.45. The molecule has 0 saturated heterocycles. The fourth-order valence-electron chi connectivity index (χ4n) is 2.91. The molecular formula is C23H29NO6. The molecule has 0 aliphatic heterocycles. The van der Waals surface area contributed by atoms with E-state index >= 15 is 0 Å². The van der Waals surface area contributed by atoms with Crippen molar-refractivity contribution in [1.82, 2.24) is 0 Å². The number of benzene rings is 2. The number of methoxy groups -OCH3 is 1. The first kappa shape index (κ1) is 23.2. The number of aliphatic carboxylic acids is 1. The van der Waals surface area contributed by atoms with Crippen molar-refractivity contribution in [1.29, 1.82) is 0 Å². The van der Waals surface area contributed by atoms with E-state index in [1.807, 2.05) is 24.3 Å². The molecule has 1 atom stereocenters. The van der Waals surface area contributed by atoms with Gasteiger partial charge in [0.05, 0.1) is 13.2 Å². The second-order valence-electron chi connectivity index (χ2n) is 7.11. The van der Waals surface area contributed by atoms with Crippen LogP contribution in [0.5, 0.6) is 5.75 Å². The Morgan fingerprint density at radius 3 is 2.30 bits per heavy atom. The molecule has 0 bridgehead atoms. The lowest BCUT2D eigenvalue weighted by molar-refractivity contribution is -0.153. The van der Waals surface area contributed by atoms with Gasteiger partial charge in [0, 0.05) is 12.1 Å². The monoisotopic (exact) mass is 415 g/mol. The Morgan fingerprint density at radius 1 is 1.07 bits per heavy atom. The summed E-state index contributed by atoms with van der Waals surface area (Å²) in [5.41, 5.74) is 3.20. The average Bonchev–Trinajstić information content (AvgIpc) is 2.72. The van der Waals surface area contributed by atoms with Gasteiger partial charge in [0.1, 0.15) is 12.4 Å². The number of aryl methyl sites for hydroxylation is 1. The molecule has 2 aromatic carbocycles. The van der Waals surface area contributed by atoms with E-state index in [9.17, 15) is 14.7 Å². The number of rotatable bonds is 10. The summed E-state index contributed by atoms with van der Waals surface area (Å²) in [6, 6.07) is 12.9. The average molecular weight is 415 g/mol. The summed E-state index contributed by atoms with van der Waals surface area (Å²) in [5.74, 6) is -0.541. The Labute approximate surface area is 177 Å². The van der Waals surface area contributed by atoms with Crippen LogP contribution in [0.4, 0.5) is 10.5 Å². The Bertz CT molecular complexity index is 847. The van der Waals surface area contributed by atoms with Gasteiger partial charge < -0.3 is 19.3 Å². The Balaban J connectivity index is 2.03. The smallest absolute Gasteiger partial charge is 0.411 e. The molecule has 2 rings (SSSR count). The number of anilines is 1. The van der Waals surface area contributed by atoms with Crippen LogP contribution in [-0.4, -0.2) is 36.5 Å². The van der Waals surface area contributed by atoms with E-state index in [2.05, 4.69) is 12.2 Å². The Hall–Kier alpha value is -3.06. The topological polar surface area (TPSA) is 94.1 Å². The molecule has 0 aliphatic carbocycles. The van der Waals surface area contributed by atoms with Crippen molar-refractivity contribution in [2.24, 2.45) is 0 Å². The van der Waals surface area contributed by atoms with Crippen molar-refractivity contribution in [2.75, 3.05) is 12.4 Å². The molecule has 1 unspecified atom stereocenters. The standard InChI is InChI=1S/C23H29NO6/c1-5-16-6-8-17(9-7-16)14-29-23(27)24-19-10-11-20(28-4)18(12-19)13-21(22(25)26)30-15(2)3/h6-12,15,21H,5,13-14H2,1-4H3,(H,24,27)(H,25,26). The first-order valence-electron chi connectivity index (χ1n) is 9.89. The highest BCUT2D eigenvalue weighted by atomic mass is 16.5. The highest BCUT2D eigenvalue weighted by Crippen LogP contribution is 2.25. The van der Waals surface area contributed by atoms with Gasteiger partial charge in [-0.2, -0.15) is 0 Å². The molecule has 2 aromatic rings. The summed E-state index contributed by atoms with van der Waals surface area (Å²) in [5, 5.41) is 12.1. The molecule has 162 valence electrons. The summed E-state index contributed by atoms with van der Waals surface area (Å²) in [4.78, 5) is 23.7. The van der Waals surface area contributed by atoms with Crippen molar-refractivity contribution < 1.29 is 28.9 Å². The number of carbonyl (C=O) groups is 2. The van der Waals surface area contributed by atoms with E-state index in [1.54, 1.807) is 32.0 Å². The van der Waals surface area contributed by atoms with E-state index < -0.39 is 18.2 Å². The summed E-state index contributed by atoms with van der Waals surface area (Å²) >= 11 is 0. The molecule has 7 heteroatoms. The zero-order valence-corrected chi connectivity index (χ0v) is 17.8. The minimum Gasteiger partial charge on any atom is -0.496 e. The molecule has 0 aromatic heterocycles. The van der Waals surface area contributed by atoms with Gasteiger partial charge in [-0.25, -0.2) is 9.59 Å². The third-order valence-corrected chi connectivity index (χ3v) is 4.45. The zero-order valence-electron chi connectivity index (χ0n) is 17.8. The predicted octanol–water partition coefficient (Wildman–Crippen LogP) is 4.43. The van der Waals surface area contributed by atoms with Crippen molar-refractivity contribution in [2.45, 2.75) is 52.4 Å². The van der Waals surface area contributed by atoms with Gasteiger partial charge >= 0.3 is 12.1 Å². The lowest BCUT2D eigenvalue weighted by atomic mass is 10.1. The largest absolute Gasteiger partial charge is 0.496 e. The van der Waals surface area contributed by atoms with Crippen molar-refractivity contribution in [3.05, 3.63) is 59.2 Å². The van der Waals surface area contributed by atoms with Crippen LogP contribution in [0, 0.1) is 0 Å². The number of amides is 1. The van der Waals surface area contributed by atoms with Crippen LogP contribution < -0.4 is 10.1 Å². The summed E-state index contributed by atoms with van der Waals surface area (Å²) in [7, 11) is 1.50. The van der Waals surface area contributed by atoms with Crippen LogP contribution >= 0.6 is 0 Å². The number of nitrogens with one attached hydrogen (secondary N) is 1. The molecule has 0 spiro atoms. The number of carboxylic acids is 1. The van der Waals surface area contributed by atoms with E-state index in [1.165, 1.54) is 12.7 Å². The van der Waals surface area contributed by atoms with Gasteiger partial charge in [0.2, 0.25) is 0 Å². The molecule has 0 fully saturated rings. The molecule has 1 amide bonds. The van der Waals surface area contributed by atoms with Crippen LogP contribution in [0.25, 0.3) is 0 Å². The second kappa shape index (κ2) is 11.2. The van der Waals surface area contributed by atoms with Gasteiger partial charge in [-0.3, -0.25) is 5.32 Å². The van der Waals surface area contributed by atoms with E-state index in [4.69, 9.17) is 14.2 Å². The normalized spacial score (nSPS) is 11.8. The number of carbonyl (C=O) groups excluding carboxylic acids is 1.